The smallest absolute Gasteiger partial charge is 0.135 e. The molecular formula is C30H18BrNO. The standard InChI is InChI=1S/C30H18BrNO/c31-26-10-4-1-7-21(26)19-13-15-23-22-8-2-5-11-27(22)32(28(23)17-19)20-14-16-30-25(18-20)24-9-3-6-12-29(24)33-30/h1-18H. The fourth-order valence-corrected chi connectivity index (χ4v) is 5.48. The van der Waals surface area contributed by atoms with Gasteiger partial charge in [0.2, 0.25) is 0 Å². The number of rotatable bonds is 2. The zero-order chi connectivity index (χ0) is 21.9. The van der Waals surface area contributed by atoms with E-state index in [-0.39, 0.29) is 0 Å². The van der Waals surface area contributed by atoms with Crippen LogP contribution in [0.2, 0.25) is 0 Å². The van der Waals surface area contributed by atoms with Gasteiger partial charge in [0.25, 0.3) is 0 Å². The van der Waals surface area contributed by atoms with Gasteiger partial charge in [0.1, 0.15) is 11.2 Å². The average molecular weight is 488 g/mol. The molecule has 5 aromatic carbocycles. The van der Waals surface area contributed by atoms with Crippen LogP contribution < -0.4 is 0 Å². The second-order valence-corrected chi connectivity index (χ2v) is 9.20. The Morgan fingerprint density at radius 2 is 1.27 bits per heavy atom. The van der Waals surface area contributed by atoms with E-state index in [1.165, 1.54) is 32.9 Å². The Bertz CT molecular complexity index is 1840. The van der Waals surface area contributed by atoms with Crippen LogP contribution in [0.1, 0.15) is 0 Å². The van der Waals surface area contributed by atoms with E-state index in [0.29, 0.717) is 0 Å². The summed E-state index contributed by atoms with van der Waals surface area (Å²) in [6.07, 6.45) is 0. The molecule has 0 fully saturated rings. The highest BCUT2D eigenvalue weighted by Crippen LogP contribution is 2.38. The summed E-state index contributed by atoms with van der Waals surface area (Å²) < 4.78 is 9.54. The van der Waals surface area contributed by atoms with Crippen molar-refractivity contribution in [1.29, 1.82) is 0 Å². The summed E-state index contributed by atoms with van der Waals surface area (Å²) in [4.78, 5) is 0. The Labute approximate surface area is 198 Å². The van der Waals surface area contributed by atoms with Crippen molar-refractivity contribution in [2.45, 2.75) is 0 Å². The lowest BCUT2D eigenvalue weighted by Crippen LogP contribution is -1.93. The van der Waals surface area contributed by atoms with E-state index in [9.17, 15) is 0 Å². The van der Waals surface area contributed by atoms with Gasteiger partial charge < -0.3 is 8.98 Å². The number of para-hydroxylation sites is 2. The fourth-order valence-electron chi connectivity index (χ4n) is 4.96. The molecule has 0 aliphatic carbocycles. The molecule has 33 heavy (non-hydrogen) atoms. The van der Waals surface area contributed by atoms with Crippen LogP contribution in [0.25, 0.3) is 60.6 Å². The van der Waals surface area contributed by atoms with E-state index in [1.807, 2.05) is 18.2 Å². The molecule has 0 amide bonds. The first-order chi connectivity index (χ1) is 16.3. The van der Waals surface area contributed by atoms with Crippen molar-refractivity contribution in [3.63, 3.8) is 0 Å². The Balaban J connectivity index is 1.56. The van der Waals surface area contributed by atoms with Crippen molar-refractivity contribution in [3.8, 4) is 16.8 Å². The lowest BCUT2D eigenvalue weighted by atomic mass is 10.0. The van der Waals surface area contributed by atoms with Crippen LogP contribution in [0.15, 0.2) is 118 Å². The second-order valence-electron chi connectivity index (χ2n) is 8.34. The fraction of sp³-hybridized carbons (Fsp3) is 0. The normalized spacial score (nSPS) is 11.8. The van der Waals surface area contributed by atoms with Gasteiger partial charge in [0.05, 0.1) is 11.0 Å². The van der Waals surface area contributed by atoms with Crippen molar-refractivity contribution in [2.24, 2.45) is 0 Å². The number of furan rings is 1. The largest absolute Gasteiger partial charge is 0.456 e. The van der Waals surface area contributed by atoms with Crippen LogP contribution >= 0.6 is 15.9 Å². The molecule has 0 bridgehead atoms. The van der Waals surface area contributed by atoms with E-state index in [4.69, 9.17) is 4.42 Å². The number of hydrogen-bond donors (Lipinski definition) is 0. The molecule has 156 valence electrons. The van der Waals surface area contributed by atoms with Crippen molar-refractivity contribution >= 4 is 59.7 Å². The zero-order valence-corrected chi connectivity index (χ0v) is 19.2. The highest BCUT2D eigenvalue weighted by atomic mass is 79.9. The molecule has 0 aliphatic rings. The minimum Gasteiger partial charge on any atom is -0.456 e. The van der Waals surface area contributed by atoms with Gasteiger partial charge in [-0.3, -0.25) is 0 Å². The number of benzene rings is 5. The predicted octanol–water partition coefficient (Wildman–Crippen LogP) is 9.11. The van der Waals surface area contributed by atoms with Crippen molar-refractivity contribution in [2.75, 3.05) is 0 Å². The summed E-state index contributed by atoms with van der Waals surface area (Å²) in [6.45, 7) is 0. The van der Waals surface area contributed by atoms with Crippen LogP contribution in [0, 0.1) is 0 Å². The van der Waals surface area contributed by atoms with E-state index in [2.05, 4.69) is 111 Å². The van der Waals surface area contributed by atoms with E-state index >= 15 is 0 Å². The van der Waals surface area contributed by atoms with Gasteiger partial charge in [-0.1, -0.05) is 82.7 Å². The third-order valence-corrected chi connectivity index (χ3v) is 7.17. The molecule has 7 aromatic rings. The molecule has 2 nitrogen and oxygen atoms in total. The van der Waals surface area contributed by atoms with Crippen LogP contribution in [-0.2, 0) is 0 Å². The molecule has 2 aromatic heterocycles. The van der Waals surface area contributed by atoms with Gasteiger partial charge in [-0.25, -0.2) is 0 Å². The van der Waals surface area contributed by atoms with Crippen molar-refractivity contribution in [3.05, 3.63) is 114 Å². The van der Waals surface area contributed by atoms with E-state index < -0.39 is 0 Å². The quantitative estimate of drug-likeness (QED) is 0.237. The van der Waals surface area contributed by atoms with Gasteiger partial charge >= 0.3 is 0 Å². The predicted molar refractivity (Wildman–Crippen MR) is 141 cm³/mol. The minimum absolute atomic E-state index is 0.912. The number of fused-ring (bicyclic) bond motifs is 6. The lowest BCUT2D eigenvalue weighted by molar-refractivity contribution is 0.669. The molecule has 7 rings (SSSR count). The molecule has 0 unspecified atom stereocenters. The molecule has 0 saturated carbocycles. The van der Waals surface area contributed by atoms with E-state index in [1.54, 1.807) is 0 Å². The Morgan fingerprint density at radius 1 is 0.545 bits per heavy atom. The maximum Gasteiger partial charge on any atom is 0.135 e. The summed E-state index contributed by atoms with van der Waals surface area (Å²) in [5.41, 5.74) is 7.73. The summed E-state index contributed by atoms with van der Waals surface area (Å²) in [7, 11) is 0. The molecule has 0 aliphatic heterocycles. The van der Waals surface area contributed by atoms with Gasteiger partial charge in [-0.05, 0) is 53.6 Å². The topological polar surface area (TPSA) is 18.1 Å². The molecule has 0 radical (unpaired) electrons. The Morgan fingerprint density at radius 3 is 2.18 bits per heavy atom. The minimum atomic E-state index is 0.912. The van der Waals surface area contributed by atoms with Gasteiger partial charge in [-0.15, -0.1) is 0 Å². The van der Waals surface area contributed by atoms with Gasteiger partial charge in [0, 0.05) is 31.7 Å². The third kappa shape index (κ3) is 2.79. The zero-order valence-electron chi connectivity index (χ0n) is 17.6. The average Bonchev–Trinajstić information content (AvgIpc) is 3.39. The Hall–Kier alpha value is -3.82. The first-order valence-electron chi connectivity index (χ1n) is 11.0. The SMILES string of the molecule is Brc1ccccc1-c1ccc2c3ccccc3n(-c3ccc4oc5ccccc5c4c3)c2c1. The van der Waals surface area contributed by atoms with Crippen LogP contribution in [-0.4, -0.2) is 4.57 Å². The maximum atomic E-state index is 6.08. The molecule has 0 N–H and O–H groups in total. The molecular weight excluding hydrogens is 470 g/mol. The molecule has 3 heteroatoms. The van der Waals surface area contributed by atoms with Crippen molar-refractivity contribution < 1.29 is 4.42 Å². The summed E-state index contributed by atoms with van der Waals surface area (Å²) in [5.74, 6) is 0. The number of hydrogen-bond acceptors (Lipinski definition) is 1. The first-order valence-corrected chi connectivity index (χ1v) is 11.8. The van der Waals surface area contributed by atoms with E-state index in [0.717, 1.165) is 32.1 Å². The number of nitrogens with zero attached hydrogens (tertiary/aromatic N) is 1. The Kier molecular flexibility index (Phi) is 4.02. The highest BCUT2D eigenvalue weighted by Gasteiger charge is 2.15. The third-order valence-electron chi connectivity index (χ3n) is 6.48. The lowest BCUT2D eigenvalue weighted by Gasteiger charge is -2.10. The number of aromatic nitrogens is 1. The van der Waals surface area contributed by atoms with Crippen molar-refractivity contribution in [1.82, 2.24) is 4.57 Å². The summed E-state index contributed by atoms with van der Waals surface area (Å²) in [5, 5.41) is 4.78. The molecule has 2 heterocycles. The van der Waals surface area contributed by atoms with Crippen LogP contribution in [0.3, 0.4) is 0 Å². The monoisotopic (exact) mass is 487 g/mol. The van der Waals surface area contributed by atoms with Gasteiger partial charge in [0.15, 0.2) is 0 Å². The summed E-state index contributed by atoms with van der Waals surface area (Å²) in [6, 6.07) is 38.5. The molecule has 0 atom stereocenters. The van der Waals surface area contributed by atoms with Crippen LogP contribution in [0.4, 0.5) is 0 Å². The highest BCUT2D eigenvalue weighted by molar-refractivity contribution is 9.10. The van der Waals surface area contributed by atoms with Crippen LogP contribution in [0.5, 0.6) is 0 Å². The second kappa shape index (κ2) is 7.09. The summed E-state index contributed by atoms with van der Waals surface area (Å²) >= 11 is 3.72. The molecule has 0 spiro atoms. The molecule has 0 saturated heterocycles. The first kappa shape index (κ1) is 18.7. The van der Waals surface area contributed by atoms with Gasteiger partial charge in [-0.2, -0.15) is 0 Å². The maximum absolute atomic E-state index is 6.08. The number of halogens is 1.